The maximum absolute atomic E-state index is 14.2. The summed E-state index contributed by atoms with van der Waals surface area (Å²) in [6.45, 7) is 7.13. The topological polar surface area (TPSA) is 69.9 Å². The molecule has 0 aliphatic carbocycles. The van der Waals surface area contributed by atoms with Gasteiger partial charge in [-0.05, 0) is 48.6 Å². The highest BCUT2D eigenvalue weighted by molar-refractivity contribution is 5.81. The fourth-order valence-corrected chi connectivity index (χ4v) is 3.32. The van der Waals surface area contributed by atoms with Crippen molar-refractivity contribution in [1.82, 2.24) is 10.2 Å². The molecule has 3 rings (SSSR count). The number of aromatic nitrogens is 2. The van der Waals surface area contributed by atoms with Crippen molar-refractivity contribution in [1.29, 1.82) is 5.26 Å². The van der Waals surface area contributed by atoms with Crippen LogP contribution in [0.4, 0.5) is 10.2 Å². The van der Waals surface area contributed by atoms with E-state index in [-0.39, 0.29) is 29.6 Å². The minimum absolute atomic E-state index is 0.0368. The number of nitriles is 1. The Bertz CT molecular complexity index is 901. The number of Topliss-reactive ketones (excluding diaryl/α,β-unsaturated/α-hetero) is 1. The zero-order chi connectivity index (χ0) is 19.4. The monoisotopic (exact) mass is 364 g/mol. The number of allylic oxidation sites excluding steroid dienone is 1. The molecule has 1 aromatic heterocycles. The van der Waals surface area contributed by atoms with E-state index in [0.29, 0.717) is 24.3 Å². The summed E-state index contributed by atoms with van der Waals surface area (Å²) in [4.78, 5) is 14.5. The van der Waals surface area contributed by atoms with Crippen LogP contribution in [0.1, 0.15) is 36.6 Å². The number of benzene rings is 1. The van der Waals surface area contributed by atoms with Crippen molar-refractivity contribution in [3.05, 3.63) is 59.5 Å². The molecule has 138 valence electrons. The number of hydrogen-bond acceptors (Lipinski definition) is 5. The van der Waals surface area contributed by atoms with Crippen LogP contribution in [0.2, 0.25) is 0 Å². The first-order valence-corrected chi connectivity index (χ1v) is 8.91. The minimum Gasteiger partial charge on any atom is -0.355 e. The lowest BCUT2D eigenvalue weighted by molar-refractivity contribution is -0.119. The van der Waals surface area contributed by atoms with Crippen LogP contribution in [0.25, 0.3) is 5.57 Å². The second kappa shape index (κ2) is 8.09. The number of nitrogens with zero attached hydrogens (tertiary/aromatic N) is 4. The molecular formula is C21H21FN4O. The second-order valence-corrected chi connectivity index (χ2v) is 7.00. The molecule has 0 radical (unpaired) electrons. The van der Waals surface area contributed by atoms with Crippen LogP contribution in [0.15, 0.2) is 36.9 Å². The molecule has 0 unspecified atom stereocenters. The summed E-state index contributed by atoms with van der Waals surface area (Å²) in [5.74, 6) is 0.609. The molecular weight excluding hydrogens is 343 g/mol. The van der Waals surface area contributed by atoms with Gasteiger partial charge in [-0.1, -0.05) is 24.3 Å². The smallest absolute Gasteiger partial charge is 0.163 e. The van der Waals surface area contributed by atoms with Gasteiger partial charge in [-0.2, -0.15) is 5.26 Å². The first kappa shape index (κ1) is 18.7. The predicted molar refractivity (Wildman–Crippen MR) is 102 cm³/mol. The molecule has 1 fully saturated rings. The molecule has 1 atom stereocenters. The van der Waals surface area contributed by atoms with Crippen LogP contribution in [-0.4, -0.2) is 29.1 Å². The van der Waals surface area contributed by atoms with E-state index >= 15 is 0 Å². The Hall–Kier alpha value is -3.07. The van der Waals surface area contributed by atoms with E-state index in [2.05, 4.69) is 21.7 Å². The highest BCUT2D eigenvalue weighted by Crippen LogP contribution is 2.25. The fourth-order valence-electron chi connectivity index (χ4n) is 3.32. The van der Waals surface area contributed by atoms with E-state index in [4.69, 9.17) is 5.26 Å². The molecule has 0 N–H and O–H groups in total. The average molecular weight is 364 g/mol. The summed E-state index contributed by atoms with van der Waals surface area (Å²) >= 11 is 0. The lowest BCUT2D eigenvalue weighted by Gasteiger charge is -2.16. The lowest BCUT2D eigenvalue weighted by atomic mass is 9.96. The molecule has 0 amide bonds. The van der Waals surface area contributed by atoms with Crippen molar-refractivity contribution in [2.24, 2.45) is 5.92 Å². The highest BCUT2D eigenvalue weighted by atomic mass is 19.1. The number of carbonyl (C=O) groups excluding carboxylic acids is 1. The van der Waals surface area contributed by atoms with Gasteiger partial charge in [0, 0.05) is 25.9 Å². The van der Waals surface area contributed by atoms with E-state index in [9.17, 15) is 9.18 Å². The number of carbonyl (C=O) groups is 1. The second-order valence-electron chi connectivity index (χ2n) is 7.00. The van der Waals surface area contributed by atoms with E-state index in [1.807, 2.05) is 13.0 Å². The zero-order valence-electron chi connectivity index (χ0n) is 15.3. The number of hydrogen-bond donors (Lipinski definition) is 0. The Balaban J connectivity index is 1.56. The van der Waals surface area contributed by atoms with Crippen LogP contribution in [0.5, 0.6) is 0 Å². The molecule has 1 aliphatic heterocycles. The Morgan fingerprint density at radius 2 is 2.19 bits per heavy atom. The lowest BCUT2D eigenvalue weighted by Crippen LogP contribution is -2.22. The number of anilines is 1. The molecule has 0 bridgehead atoms. The van der Waals surface area contributed by atoms with Crippen LogP contribution >= 0.6 is 0 Å². The summed E-state index contributed by atoms with van der Waals surface area (Å²) in [6.07, 6.45) is 1.40. The fraction of sp³-hybridized carbons (Fsp3) is 0.333. The van der Waals surface area contributed by atoms with Gasteiger partial charge in [0.15, 0.2) is 11.5 Å². The molecule has 1 aromatic carbocycles. The van der Waals surface area contributed by atoms with Crippen molar-refractivity contribution in [3.63, 3.8) is 0 Å². The SMILES string of the molecule is C=C(C)c1ccc(CC(=O)C[C@H]2CCN(c3ccc(C#N)nn3)C2)c(F)c1. The van der Waals surface area contributed by atoms with Gasteiger partial charge in [0.1, 0.15) is 17.7 Å². The van der Waals surface area contributed by atoms with Gasteiger partial charge >= 0.3 is 0 Å². The van der Waals surface area contributed by atoms with Gasteiger partial charge in [0.2, 0.25) is 0 Å². The quantitative estimate of drug-likeness (QED) is 0.784. The molecule has 6 heteroatoms. The predicted octanol–water partition coefficient (Wildman–Crippen LogP) is 3.55. The summed E-state index contributed by atoms with van der Waals surface area (Å²) < 4.78 is 14.2. The van der Waals surface area contributed by atoms with Crippen LogP contribution in [0.3, 0.4) is 0 Å². The van der Waals surface area contributed by atoms with Gasteiger partial charge < -0.3 is 4.90 Å². The number of ketones is 1. The standard InChI is InChI=1S/C21H21FN4O/c1-14(2)16-3-4-17(20(22)11-16)10-19(27)9-15-7-8-26(13-15)21-6-5-18(12-23)24-25-21/h3-6,11,15H,1,7-10,13H2,2H3/t15-/m1/s1. The molecule has 27 heavy (non-hydrogen) atoms. The Morgan fingerprint density at radius 1 is 1.37 bits per heavy atom. The summed E-state index contributed by atoms with van der Waals surface area (Å²) in [5.41, 5.74) is 2.25. The third-order valence-corrected chi connectivity index (χ3v) is 4.82. The van der Waals surface area contributed by atoms with Crippen molar-refractivity contribution >= 4 is 17.2 Å². The third-order valence-electron chi connectivity index (χ3n) is 4.82. The first-order valence-electron chi connectivity index (χ1n) is 8.91. The summed E-state index contributed by atoms with van der Waals surface area (Å²) in [6, 6.07) is 10.3. The molecule has 0 spiro atoms. The van der Waals surface area contributed by atoms with Crippen LogP contribution in [-0.2, 0) is 11.2 Å². The molecule has 5 nitrogen and oxygen atoms in total. The molecule has 2 aromatic rings. The third kappa shape index (κ3) is 4.56. The van der Waals surface area contributed by atoms with Gasteiger partial charge in [-0.15, -0.1) is 10.2 Å². The van der Waals surface area contributed by atoms with Gasteiger partial charge in [-0.3, -0.25) is 4.79 Å². The Kier molecular flexibility index (Phi) is 5.60. The molecule has 2 heterocycles. The van der Waals surface area contributed by atoms with Gasteiger partial charge in [0.25, 0.3) is 0 Å². The van der Waals surface area contributed by atoms with Crippen LogP contribution < -0.4 is 4.90 Å². The minimum atomic E-state index is -0.357. The van der Waals surface area contributed by atoms with Crippen LogP contribution in [0, 0.1) is 23.1 Å². The van der Waals surface area contributed by atoms with Gasteiger partial charge in [-0.25, -0.2) is 4.39 Å². The van der Waals surface area contributed by atoms with Crippen molar-refractivity contribution < 1.29 is 9.18 Å². The maximum Gasteiger partial charge on any atom is 0.163 e. The van der Waals surface area contributed by atoms with E-state index in [0.717, 1.165) is 24.1 Å². The largest absolute Gasteiger partial charge is 0.355 e. The average Bonchev–Trinajstić information content (AvgIpc) is 3.11. The van der Waals surface area contributed by atoms with E-state index < -0.39 is 0 Å². The molecule has 1 aliphatic rings. The van der Waals surface area contributed by atoms with E-state index in [1.165, 1.54) is 6.07 Å². The number of rotatable bonds is 6. The maximum atomic E-state index is 14.2. The summed E-state index contributed by atoms with van der Waals surface area (Å²) in [7, 11) is 0. The molecule has 1 saturated heterocycles. The van der Waals surface area contributed by atoms with E-state index in [1.54, 1.807) is 24.3 Å². The Morgan fingerprint density at radius 3 is 2.81 bits per heavy atom. The van der Waals surface area contributed by atoms with Crippen molar-refractivity contribution in [2.45, 2.75) is 26.2 Å². The zero-order valence-corrected chi connectivity index (χ0v) is 15.3. The Labute approximate surface area is 158 Å². The van der Waals surface area contributed by atoms with Crippen molar-refractivity contribution in [3.8, 4) is 6.07 Å². The number of halogens is 1. The normalized spacial score (nSPS) is 16.2. The first-order chi connectivity index (χ1) is 13.0. The highest BCUT2D eigenvalue weighted by Gasteiger charge is 2.26. The van der Waals surface area contributed by atoms with Crippen molar-refractivity contribution in [2.75, 3.05) is 18.0 Å². The summed E-state index contributed by atoms with van der Waals surface area (Å²) in [5, 5.41) is 16.7. The van der Waals surface area contributed by atoms with Gasteiger partial charge in [0.05, 0.1) is 0 Å². The molecule has 0 saturated carbocycles.